The van der Waals surface area contributed by atoms with Gasteiger partial charge in [-0.3, -0.25) is 4.98 Å². The van der Waals surface area contributed by atoms with Gasteiger partial charge in [0, 0.05) is 10.7 Å². The maximum Gasteiger partial charge on any atom is 0.0886 e. The molecule has 3 aromatic carbocycles. The Morgan fingerprint density at radius 3 is 1.85 bits per heavy atom. The summed E-state index contributed by atoms with van der Waals surface area (Å²) in [6.07, 6.45) is 1.88. The third-order valence-electron chi connectivity index (χ3n) is 5.27. The minimum absolute atomic E-state index is 0.405. The van der Waals surface area contributed by atoms with Crippen molar-refractivity contribution >= 4 is 15.9 Å². The van der Waals surface area contributed by atoms with Crippen LogP contribution in [0.5, 0.6) is 0 Å². The second-order valence-corrected chi connectivity index (χ2v) is 7.48. The van der Waals surface area contributed by atoms with Crippen molar-refractivity contribution < 1.29 is 0 Å². The minimum atomic E-state index is -0.405. The molecule has 0 bridgehead atoms. The van der Waals surface area contributed by atoms with Gasteiger partial charge in [0.2, 0.25) is 0 Å². The molecule has 26 heavy (non-hydrogen) atoms. The van der Waals surface area contributed by atoms with Crippen LogP contribution in [0.3, 0.4) is 0 Å². The zero-order valence-electron chi connectivity index (χ0n) is 14.1. The van der Waals surface area contributed by atoms with Gasteiger partial charge in [-0.05, 0) is 39.9 Å². The summed E-state index contributed by atoms with van der Waals surface area (Å²) >= 11 is 3.65. The number of aromatic nitrogens is 1. The zero-order valence-corrected chi connectivity index (χ0v) is 15.6. The summed E-state index contributed by atoms with van der Waals surface area (Å²) in [4.78, 5) is 4.84. The van der Waals surface area contributed by atoms with E-state index in [1.165, 1.54) is 27.8 Å². The van der Waals surface area contributed by atoms with Crippen LogP contribution in [0, 0.1) is 0 Å². The fourth-order valence-electron chi connectivity index (χ4n) is 4.27. The van der Waals surface area contributed by atoms with Gasteiger partial charge in [0.25, 0.3) is 0 Å². The summed E-state index contributed by atoms with van der Waals surface area (Å²) < 4.78 is 1.04. The Bertz CT molecular complexity index is 1060. The highest BCUT2D eigenvalue weighted by Crippen LogP contribution is 2.55. The molecule has 0 radical (unpaired) electrons. The van der Waals surface area contributed by atoms with E-state index in [4.69, 9.17) is 4.98 Å². The smallest absolute Gasteiger partial charge is 0.0886 e. The molecular weight excluding hydrogens is 382 g/mol. The average molecular weight is 398 g/mol. The maximum absolute atomic E-state index is 4.84. The Balaban J connectivity index is 1.98. The van der Waals surface area contributed by atoms with Gasteiger partial charge in [0.1, 0.15) is 0 Å². The molecular formula is C24H16BrN. The monoisotopic (exact) mass is 397 g/mol. The molecule has 0 spiro atoms. The predicted octanol–water partition coefficient (Wildman–Crippen LogP) is 6.21. The highest BCUT2D eigenvalue weighted by Gasteiger charge is 2.46. The number of fused-ring (bicyclic) bond motifs is 3. The molecule has 0 aliphatic heterocycles. The molecule has 0 N–H and O–H groups in total. The molecule has 124 valence electrons. The largest absolute Gasteiger partial charge is 0.260 e. The van der Waals surface area contributed by atoms with Crippen molar-refractivity contribution in [2.45, 2.75) is 5.41 Å². The lowest BCUT2D eigenvalue weighted by Crippen LogP contribution is -2.29. The summed E-state index contributed by atoms with van der Waals surface area (Å²) in [5, 5.41) is 0. The van der Waals surface area contributed by atoms with E-state index in [2.05, 4.69) is 101 Å². The minimum Gasteiger partial charge on any atom is -0.260 e. The molecule has 0 saturated heterocycles. The Kier molecular flexibility index (Phi) is 3.54. The molecule has 0 unspecified atom stereocenters. The quantitative estimate of drug-likeness (QED) is 0.345. The average Bonchev–Trinajstić information content (AvgIpc) is 3.00. The van der Waals surface area contributed by atoms with Crippen molar-refractivity contribution in [1.29, 1.82) is 0 Å². The highest BCUT2D eigenvalue weighted by molar-refractivity contribution is 9.10. The molecule has 1 aromatic heterocycles. The normalized spacial score (nSPS) is 13.9. The molecule has 0 fully saturated rings. The van der Waals surface area contributed by atoms with Crippen molar-refractivity contribution in [2.24, 2.45) is 0 Å². The van der Waals surface area contributed by atoms with Crippen molar-refractivity contribution in [1.82, 2.24) is 4.98 Å². The van der Waals surface area contributed by atoms with Crippen LogP contribution in [0.15, 0.2) is 102 Å². The summed E-state index contributed by atoms with van der Waals surface area (Å²) in [5.74, 6) is 0. The number of benzene rings is 3. The third-order valence-corrected chi connectivity index (χ3v) is 5.76. The van der Waals surface area contributed by atoms with Crippen molar-refractivity contribution in [3.63, 3.8) is 0 Å². The fraction of sp³-hybridized carbons (Fsp3) is 0.0417. The number of halogens is 1. The van der Waals surface area contributed by atoms with Gasteiger partial charge in [0.05, 0.1) is 11.1 Å². The molecule has 4 aromatic rings. The van der Waals surface area contributed by atoms with E-state index in [1.54, 1.807) is 0 Å². The second kappa shape index (κ2) is 5.93. The van der Waals surface area contributed by atoms with Gasteiger partial charge >= 0.3 is 0 Å². The zero-order chi connectivity index (χ0) is 17.6. The first kappa shape index (κ1) is 15.5. The van der Waals surface area contributed by atoms with Crippen LogP contribution in [0.4, 0.5) is 0 Å². The van der Waals surface area contributed by atoms with Crippen LogP contribution in [-0.2, 0) is 5.41 Å². The Morgan fingerprint density at radius 1 is 0.654 bits per heavy atom. The van der Waals surface area contributed by atoms with E-state index in [0.717, 1.165) is 10.2 Å². The van der Waals surface area contributed by atoms with Crippen LogP contribution >= 0.6 is 15.9 Å². The van der Waals surface area contributed by atoms with Crippen molar-refractivity contribution in [2.75, 3.05) is 0 Å². The number of nitrogens with zero attached hydrogens (tertiary/aromatic N) is 1. The van der Waals surface area contributed by atoms with E-state index in [9.17, 15) is 0 Å². The standard InChI is InChI=1S/C24H16BrN/c25-18-14-15-26-23(16-18)24(17-8-2-1-3-9-17)21-12-6-4-10-19(21)20-11-5-7-13-22(20)24/h1-16H. The molecule has 1 nitrogen and oxygen atoms in total. The van der Waals surface area contributed by atoms with Crippen molar-refractivity contribution in [3.8, 4) is 11.1 Å². The molecule has 1 aliphatic rings. The Morgan fingerprint density at radius 2 is 1.23 bits per heavy atom. The topological polar surface area (TPSA) is 12.9 Å². The van der Waals surface area contributed by atoms with Crippen LogP contribution < -0.4 is 0 Å². The summed E-state index contributed by atoms with van der Waals surface area (Å²) in [6, 6.07) is 32.2. The summed E-state index contributed by atoms with van der Waals surface area (Å²) in [7, 11) is 0. The second-order valence-electron chi connectivity index (χ2n) is 6.57. The van der Waals surface area contributed by atoms with Crippen LogP contribution in [0.25, 0.3) is 11.1 Å². The van der Waals surface area contributed by atoms with E-state index in [1.807, 2.05) is 12.3 Å². The van der Waals surface area contributed by atoms with E-state index in [-0.39, 0.29) is 0 Å². The molecule has 1 aliphatic carbocycles. The number of rotatable bonds is 2. The molecule has 0 atom stereocenters. The molecule has 0 saturated carbocycles. The number of hydrogen-bond acceptors (Lipinski definition) is 1. The first-order valence-electron chi connectivity index (χ1n) is 8.69. The molecule has 5 rings (SSSR count). The molecule has 2 heteroatoms. The Hall–Kier alpha value is -2.71. The van der Waals surface area contributed by atoms with Gasteiger partial charge in [-0.15, -0.1) is 0 Å². The van der Waals surface area contributed by atoms with Gasteiger partial charge < -0.3 is 0 Å². The number of pyridine rings is 1. The summed E-state index contributed by atoms with van der Waals surface area (Å²) in [6.45, 7) is 0. The Labute approximate surface area is 161 Å². The van der Waals surface area contributed by atoms with E-state index in [0.29, 0.717) is 0 Å². The fourth-order valence-corrected chi connectivity index (χ4v) is 4.60. The van der Waals surface area contributed by atoms with Gasteiger partial charge in [0.15, 0.2) is 0 Å². The van der Waals surface area contributed by atoms with Crippen LogP contribution in [0.1, 0.15) is 22.4 Å². The highest BCUT2D eigenvalue weighted by atomic mass is 79.9. The predicted molar refractivity (Wildman–Crippen MR) is 109 cm³/mol. The van der Waals surface area contributed by atoms with E-state index >= 15 is 0 Å². The van der Waals surface area contributed by atoms with E-state index < -0.39 is 5.41 Å². The lowest BCUT2D eigenvalue weighted by Gasteiger charge is -2.32. The van der Waals surface area contributed by atoms with Gasteiger partial charge in [-0.1, -0.05) is 94.8 Å². The SMILES string of the molecule is Brc1ccnc(C2(c3ccccc3)c3ccccc3-c3ccccc32)c1. The maximum atomic E-state index is 4.84. The third kappa shape index (κ3) is 2.06. The van der Waals surface area contributed by atoms with Gasteiger partial charge in [-0.25, -0.2) is 0 Å². The first-order chi connectivity index (χ1) is 12.8. The summed E-state index contributed by atoms with van der Waals surface area (Å²) in [5.41, 5.74) is 7.02. The first-order valence-corrected chi connectivity index (χ1v) is 9.48. The molecule has 0 amide bonds. The van der Waals surface area contributed by atoms with Crippen molar-refractivity contribution in [3.05, 3.63) is 124 Å². The lowest BCUT2D eigenvalue weighted by atomic mass is 9.70. The lowest BCUT2D eigenvalue weighted by molar-refractivity contribution is 0.734. The number of hydrogen-bond donors (Lipinski definition) is 0. The van der Waals surface area contributed by atoms with Crippen LogP contribution in [0.2, 0.25) is 0 Å². The van der Waals surface area contributed by atoms with Crippen LogP contribution in [-0.4, -0.2) is 4.98 Å². The van der Waals surface area contributed by atoms with Gasteiger partial charge in [-0.2, -0.15) is 0 Å². The molecule has 1 heterocycles.